The lowest BCUT2D eigenvalue weighted by Crippen LogP contribution is -2.19. The Bertz CT molecular complexity index is 452. The van der Waals surface area contributed by atoms with E-state index in [9.17, 15) is 0 Å². The van der Waals surface area contributed by atoms with E-state index in [0.717, 1.165) is 0 Å². The smallest absolute Gasteiger partial charge is 0.240 e. The molecule has 1 rings (SSSR count). The summed E-state index contributed by atoms with van der Waals surface area (Å²) in [4.78, 5) is 7.96. The van der Waals surface area contributed by atoms with E-state index in [1.165, 1.54) is 6.33 Å². The highest BCUT2D eigenvalue weighted by atomic mass is 35.5. The van der Waals surface area contributed by atoms with Crippen LogP contribution in [0, 0.1) is 17.8 Å². The summed E-state index contributed by atoms with van der Waals surface area (Å²) < 4.78 is 11.0. The van der Waals surface area contributed by atoms with Crippen LogP contribution in [-0.2, 0) is 0 Å². The molecule has 1 heterocycles. The predicted octanol–water partition coefficient (Wildman–Crippen LogP) is 2.96. The van der Waals surface area contributed by atoms with Crippen molar-refractivity contribution >= 4 is 11.6 Å². The standard InChI is InChI=1S/C13H17ClN2O2/c1-5-6-7-17-12-11(14)13(16-8-15-12)18-10(4)9(2)3/h8-10H,7H2,1-4H3. The predicted molar refractivity (Wildman–Crippen MR) is 70.9 cm³/mol. The van der Waals surface area contributed by atoms with Crippen molar-refractivity contribution < 1.29 is 9.47 Å². The van der Waals surface area contributed by atoms with E-state index in [-0.39, 0.29) is 17.7 Å². The average molecular weight is 269 g/mol. The van der Waals surface area contributed by atoms with E-state index < -0.39 is 0 Å². The van der Waals surface area contributed by atoms with Gasteiger partial charge >= 0.3 is 0 Å². The number of hydrogen-bond acceptors (Lipinski definition) is 4. The highest BCUT2D eigenvalue weighted by Crippen LogP contribution is 2.30. The highest BCUT2D eigenvalue weighted by Gasteiger charge is 2.16. The van der Waals surface area contributed by atoms with E-state index >= 15 is 0 Å². The third kappa shape index (κ3) is 4.08. The second kappa shape index (κ2) is 7.07. The van der Waals surface area contributed by atoms with Gasteiger partial charge in [0.05, 0.1) is 6.10 Å². The lowest BCUT2D eigenvalue weighted by atomic mass is 10.1. The van der Waals surface area contributed by atoms with Crippen molar-refractivity contribution in [2.75, 3.05) is 6.61 Å². The van der Waals surface area contributed by atoms with Gasteiger partial charge in [0.2, 0.25) is 11.8 Å². The zero-order chi connectivity index (χ0) is 13.5. The van der Waals surface area contributed by atoms with E-state index in [0.29, 0.717) is 17.7 Å². The van der Waals surface area contributed by atoms with E-state index in [2.05, 4.69) is 35.7 Å². The van der Waals surface area contributed by atoms with Crippen LogP contribution in [-0.4, -0.2) is 22.7 Å². The molecule has 18 heavy (non-hydrogen) atoms. The molecule has 0 aliphatic heterocycles. The van der Waals surface area contributed by atoms with Gasteiger partial charge in [-0.2, -0.15) is 0 Å². The SMILES string of the molecule is CC#CCOc1ncnc(OC(C)C(C)C)c1Cl. The monoisotopic (exact) mass is 268 g/mol. The molecule has 1 aromatic heterocycles. The van der Waals surface area contributed by atoms with Crippen LogP contribution in [0.4, 0.5) is 0 Å². The van der Waals surface area contributed by atoms with Gasteiger partial charge in [0.15, 0.2) is 11.6 Å². The molecule has 0 aliphatic rings. The van der Waals surface area contributed by atoms with Crippen molar-refractivity contribution in [1.82, 2.24) is 9.97 Å². The van der Waals surface area contributed by atoms with Crippen molar-refractivity contribution in [3.05, 3.63) is 11.3 Å². The summed E-state index contributed by atoms with van der Waals surface area (Å²) in [6.07, 6.45) is 1.38. The minimum absolute atomic E-state index is 0.0145. The van der Waals surface area contributed by atoms with Crippen LogP contribution in [0.2, 0.25) is 5.02 Å². The Morgan fingerprint density at radius 3 is 2.56 bits per heavy atom. The van der Waals surface area contributed by atoms with Gasteiger partial charge in [-0.3, -0.25) is 0 Å². The van der Waals surface area contributed by atoms with Crippen LogP contribution >= 0.6 is 11.6 Å². The van der Waals surface area contributed by atoms with Crippen LogP contribution in [0.5, 0.6) is 11.8 Å². The molecule has 1 aromatic rings. The van der Waals surface area contributed by atoms with Crippen molar-refractivity contribution in [1.29, 1.82) is 0 Å². The third-order valence-corrected chi connectivity index (χ3v) is 2.74. The molecule has 0 radical (unpaired) electrons. The fourth-order valence-corrected chi connectivity index (χ4v) is 1.21. The topological polar surface area (TPSA) is 44.2 Å². The molecular weight excluding hydrogens is 252 g/mol. The number of ether oxygens (including phenoxy) is 2. The molecule has 4 nitrogen and oxygen atoms in total. The van der Waals surface area contributed by atoms with E-state index in [1.54, 1.807) is 6.92 Å². The maximum absolute atomic E-state index is 6.11. The molecule has 0 aliphatic carbocycles. The van der Waals surface area contributed by atoms with Gasteiger partial charge < -0.3 is 9.47 Å². The average Bonchev–Trinajstić information content (AvgIpc) is 2.33. The summed E-state index contributed by atoms with van der Waals surface area (Å²) in [6.45, 7) is 8.07. The quantitative estimate of drug-likeness (QED) is 0.770. The molecule has 0 amide bonds. The molecule has 1 atom stereocenters. The van der Waals surface area contributed by atoms with Gasteiger partial charge in [0, 0.05) is 0 Å². The van der Waals surface area contributed by atoms with Gasteiger partial charge in [0.25, 0.3) is 0 Å². The first-order valence-electron chi connectivity index (χ1n) is 5.75. The summed E-state index contributed by atoms with van der Waals surface area (Å²) in [6, 6.07) is 0. The van der Waals surface area contributed by atoms with Crippen molar-refractivity contribution in [2.24, 2.45) is 5.92 Å². The molecule has 1 unspecified atom stereocenters. The summed E-state index contributed by atoms with van der Waals surface area (Å²) >= 11 is 6.11. The summed E-state index contributed by atoms with van der Waals surface area (Å²) in [7, 11) is 0. The largest absolute Gasteiger partial charge is 0.473 e. The van der Waals surface area contributed by atoms with Gasteiger partial charge in [0.1, 0.15) is 6.33 Å². The molecule has 5 heteroatoms. The first kappa shape index (κ1) is 14.6. The van der Waals surface area contributed by atoms with Crippen LogP contribution in [0.1, 0.15) is 27.7 Å². The molecule has 0 bridgehead atoms. The maximum Gasteiger partial charge on any atom is 0.240 e. The molecule has 0 aromatic carbocycles. The lowest BCUT2D eigenvalue weighted by Gasteiger charge is -2.18. The van der Waals surface area contributed by atoms with Crippen LogP contribution < -0.4 is 9.47 Å². The number of aromatic nitrogens is 2. The van der Waals surface area contributed by atoms with Crippen LogP contribution in [0.15, 0.2) is 6.33 Å². The van der Waals surface area contributed by atoms with Crippen molar-refractivity contribution in [3.63, 3.8) is 0 Å². The Balaban J connectivity index is 2.80. The molecular formula is C13H17ClN2O2. The molecule has 0 spiro atoms. The summed E-state index contributed by atoms with van der Waals surface area (Å²) in [5.74, 6) is 6.50. The number of rotatable bonds is 5. The summed E-state index contributed by atoms with van der Waals surface area (Å²) in [5.41, 5.74) is 0. The maximum atomic E-state index is 6.11. The fraction of sp³-hybridized carbons (Fsp3) is 0.538. The van der Waals surface area contributed by atoms with E-state index in [4.69, 9.17) is 21.1 Å². The first-order chi connectivity index (χ1) is 8.56. The highest BCUT2D eigenvalue weighted by molar-refractivity contribution is 6.33. The normalized spacial score (nSPS) is 11.7. The second-order valence-electron chi connectivity index (χ2n) is 4.08. The number of halogens is 1. The Hall–Kier alpha value is -1.47. The third-order valence-electron chi connectivity index (χ3n) is 2.42. The van der Waals surface area contributed by atoms with Gasteiger partial charge in [-0.05, 0) is 19.8 Å². The minimum atomic E-state index is 0.0145. The van der Waals surface area contributed by atoms with Crippen molar-refractivity contribution in [2.45, 2.75) is 33.8 Å². The Morgan fingerprint density at radius 2 is 1.94 bits per heavy atom. The van der Waals surface area contributed by atoms with Gasteiger partial charge in [-0.25, -0.2) is 9.97 Å². The van der Waals surface area contributed by atoms with Crippen LogP contribution in [0.25, 0.3) is 0 Å². The Labute approximate surface area is 113 Å². The molecule has 98 valence electrons. The lowest BCUT2D eigenvalue weighted by molar-refractivity contribution is 0.162. The molecule has 0 fully saturated rings. The summed E-state index contributed by atoms with van der Waals surface area (Å²) in [5, 5.41) is 0.280. The fourth-order valence-electron chi connectivity index (χ4n) is 1.01. The molecule has 0 saturated heterocycles. The number of nitrogens with zero attached hydrogens (tertiary/aromatic N) is 2. The molecule has 0 N–H and O–H groups in total. The van der Waals surface area contributed by atoms with Gasteiger partial charge in [-0.15, -0.1) is 5.92 Å². The molecule has 0 saturated carbocycles. The van der Waals surface area contributed by atoms with Gasteiger partial charge in [-0.1, -0.05) is 31.4 Å². The minimum Gasteiger partial charge on any atom is -0.473 e. The number of hydrogen-bond donors (Lipinski definition) is 0. The second-order valence-corrected chi connectivity index (χ2v) is 4.46. The Morgan fingerprint density at radius 1 is 1.28 bits per heavy atom. The zero-order valence-corrected chi connectivity index (χ0v) is 11.8. The van der Waals surface area contributed by atoms with E-state index in [1.807, 2.05) is 6.92 Å². The first-order valence-corrected chi connectivity index (χ1v) is 6.13. The Kier molecular flexibility index (Phi) is 5.73. The van der Waals surface area contributed by atoms with Crippen molar-refractivity contribution in [3.8, 4) is 23.6 Å². The van der Waals surface area contributed by atoms with Crippen LogP contribution in [0.3, 0.4) is 0 Å². The zero-order valence-electron chi connectivity index (χ0n) is 11.0.